The van der Waals surface area contributed by atoms with Crippen molar-refractivity contribution in [3.05, 3.63) is 35.9 Å². The fraction of sp³-hybridized carbons (Fsp3) is 0.550. The quantitative estimate of drug-likeness (QED) is 0.509. The highest BCUT2D eigenvalue weighted by Crippen LogP contribution is 2.09. The van der Waals surface area contributed by atoms with Crippen molar-refractivity contribution in [1.29, 1.82) is 0 Å². The van der Waals surface area contributed by atoms with E-state index in [0.29, 0.717) is 32.2 Å². The lowest BCUT2D eigenvalue weighted by molar-refractivity contribution is -0.140. The largest absolute Gasteiger partial charge is 0.469 e. The Balaban J connectivity index is 2.59. The highest BCUT2D eigenvalue weighted by molar-refractivity contribution is 5.86. The van der Waals surface area contributed by atoms with Gasteiger partial charge in [0.05, 0.1) is 7.11 Å². The van der Waals surface area contributed by atoms with E-state index >= 15 is 0 Å². The molecule has 0 aliphatic rings. The Labute approximate surface area is 160 Å². The van der Waals surface area contributed by atoms with Gasteiger partial charge in [-0.2, -0.15) is 0 Å². The third-order valence-electron chi connectivity index (χ3n) is 3.62. The summed E-state index contributed by atoms with van der Waals surface area (Å²) >= 11 is 0. The van der Waals surface area contributed by atoms with Crippen LogP contribution in [0.15, 0.2) is 30.3 Å². The molecule has 0 bridgehead atoms. The molecule has 0 radical (unpaired) electrons. The molecule has 1 atom stereocenters. The van der Waals surface area contributed by atoms with Crippen LogP contribution < -0.4 is 10.6 Å². The fourth-order valence-electron chi connectivity index (χ4n) is 2.34. The number of carbonyl (C=O) groups excluding carboxylic acids is 3. The van der Waals surface area contributed by atoms with E-state index in [1.165, 1.54) is 7.11 Å². The molecule has 1 aromatic rings. The number of hydrogen-bond acceptors (Lipinski definition) is 5. The molecule has 2 amide bonds. The monoisotopic (exact) mass is 378 g/mol. The third kappa shape index (κ3) is 10.2. The molecule has 7 nitrogen and oxygen atoms in total. The molecule has 0 fully saturated rings. The van der Waals surface area contributed by atoms with Gasteiger partial charge in [0.2, 0.25) is 5.91 Å². The summed E-state index contributed by atoms with van der Waals surface area (Å²) in [6.07, 6.45) is 1.30. The number of carbonyl (C=O) groups is 3. The predicted octanol–water partition coefficient (Wildman–Crippen LogP) is 2.58. The number of hydrogen-bond donors (Lipinski definition) is 2. The molecule has 0 unspecified atom stereocenters. The van der Waals surface area contributed by atoms with Crippen molar-refractivity contribution in [2.45, 2.75) is 58.1 Å². The van der Waals surface area contributed by atoms with Gasteiger partial charge in [0, 0.05) is 19.4 Å². The van der Waals surface area contributed by atoms with Crippen LogP contribution in [-0.2, 0) is 25.5 Å². The van der Waals surface area contributed by atoms with E-state index < -0.39 is 17.7 Å². The predicted molar refractivity (Wildman–Crippen MR) is 102 cm³/mol. The Bertz CT molecular complexity index is 611. The molecule has 0 saturated heterocycles. The van der Waals surface area contributed by atoms with Crippen molar-refractivity contribution in [3.8, 4) is 0 Å². The zero-order chi connectivity index (χ0) is 20.3. The van der Waals surface area contributed by atoms with Crippen LogP contribution >= 0.6 is 0 Å². The summed E-state index contributed by atoms with van der Waals surface area (Å²) in [7, 11) is 1.35. The smallest absolute Gasteiger partial charge is 0.408 e. The van der Waals surface area contributed by atoms with Gasteiger partial charge < -0.3 is 20.1 Å². The zero-order valence-corrected chi connectivity index (χ0v) is 16.5. The summed E-state index contributed by atoms with van der Waals surface area (Å²) in [4.78, 5) is 35.7. The van der Waals surface area contributed by atoms with Crippen LogP contribution in [0, 0.1) is 0 Å². The molecule has 0 saturated carbocycles. The molecule has 0 aliphatic heterocycles. The molecule has 1 rings (SSSR count). The van der Waals surface area contributed by atoms with E-state index in [1.54, 1.807) is 20.8 Å². The molecule has 150 valence electrons. The maximum atomic E-state index is 12.5. The normalized spacial score (nSPS) is 12.0. The van der Waals surface area contributed by atoms with Gasteiger partial charge in [-0.15, -0.1) is 0 Å². The van der Waals surface area contributed by atoms with Crippen molar-refractivity contribution in [1.82, 2.24) is 10.6 Å². The number of methoxy groups -OCH3 is 1. The highest BCUT2D eigenvalue weighted by Gasteiger charge is 2.24. The van der Waals surface area contributed by atoms with E-state index in [1.807, 2.05) is 30.3 Å². The van der Waals surface area contributed by atoms with Crippen LogP contribution in [0.1, 0.15) is 45.6 Å². The minimum absolute atomic E-state index is 0.269. The summed E-state index contributed by atoms with van der Waals surface area (Å²) in [6, 6.07) is 8.69. The van der Waals surface area contributed by atoms with Crippen LogP contribution in [0.3, 0.4) is 0 Å². The van der Waals surface area contributed by atoms with E-state index in [4.69, 9.17) is 4.74 Å². The van der Waals surface area contributed by atoms with E-state index in [9.17, 15) is 14.4 Å². The van der Waals surface area contributed by atoms with Gasteiger partial charge in [-0.3, -0.25) is 9.59 Å². The molecular formula is C20H30N2O5. The lowest BCUT2D eigenvalue weighted by Gasteiger charge is -2.23. The summed E-state index contributed by atoms with van der Waals surface area (Å²) < 4.78 is 9.83. The molecule has 1 aromatic carbocycles. The van der Waals surface area contributed by atoms with E-state index in [2.05, 4.69) is 15.4 Å². The Hall–Kier alpha value is -2.57. The van der Waals surface area contributed by atoms with Crippen LogP contribution in [0.2, 0.25) is 0 Å². The number of rotatable bonds is 9. The van der Waals surface area contributed by atoms with Gasteiger partial charge >= 0.3 is 12.1 Å². The Morgan fingerprint density at radius 2 is 1.74 bits per heavy atom. The van der Waals surface area contributed by atoms with Crippen molar-refractivity contribution in [2.24, 2.45) is 0 Å². The topological polar surface area (TPSA) is 93.7 Å². The molecule has 27 heavy (non-hydrogen) atoms. The molecule has 0 heterocycles. The van der Waals surface area contributed by atoms with Gasteiger partial charge in [0.15, 0.2) is 0 Å². The number of benzene rings is 1. The second kappa shape index (κ2) is 11.2. The molecule has 2 N–H and O–H groups in total. The standard InChI is InChI=1S/C20H30N2O5/c1-20(2,3)27-19(25)22-16(14-15-10-6-5-7-11-15)18(24)21-13-9-8-12-17(23)26-4/h5-7,10-11,16H,8-9,12-14H2,1-4H3,(H,21,24)(H,22,25)/t16-/m0/s1. The third-order valence-corrected chi connectivity index (χ3v) is 3.62. The summed E-state index contributed by atoms with van der Waals surface area (Å²) in [5, 5.41) is 5.44. The molecule has 0 aliphatic carbocycles. The number of amides is 2. The minimum Gasteiger partial charge on any atom is -0.469 e. The first-order chi connectivity index (χ1) is 12.7. The zero-order valence-electron chi connectivity index (χ0n) is 16.5. The first-order valence-corrected chi connectivity index (χ1v) is 9.09. The van der Waals surface area contributed by atoms with Gasteiger partial charge in [-0.05, 0) is 39.2 Å². The van der Waals surface area contributed by atoms with Gasteiger partial charge in [-0.25, -0.2) is 4.79 Å². The lowest BCUT2D eigenvalue weighted by Crippen LogP contribution is -2.49. The Morgan fingerprint density at radius 1 is 1.07 bits per heavy atom. The maximum absolute atomic E-state index is 12.5. The molecule has 7 heteroatoms. The summed E-state index contributed by atoms with van der Waals surface area (Å²) in [6.45, 7) is 5.71. The SMILES string of the molecule is COC(=O)CCCCNC(=O)[C@H](Cc1ccccc1)NC(=O)OC(C)(C)C. The number of alkyl carbamates (subject to hydrolysis) is 1. The van der Waals surface area contributed by atoms with Crippen molar-refractivity contribution < 1.29 is 23.9 Å². The maximum Gasteiger partial charge on any atom is 0.408 e. The number of nitrogens with one attached hydrogen (secondary N) is 2. The number of unbranched alkanes of at least 4 members (excludes halogenated alkanes) is 1. The second-order valence-corrected chi connectivity index (χ2v) is 7.21. The highest BCUT2D eigenvalue weighted by atomic mass is 16.6. The van der Waals surface area contributed by atoms with Crippen LogP contribution in [0.5, 0.6) is 0 Å². The van der Waals surface area contributed by atoms with Crippen molar-refractivity contribution in [3.63, 3.8) is 0 Å². The average molecular weight is 378 g/mol. The second-order valence-electron chi connectivity index (χ2n) is 7.21. The average Bonchev–Trinajstić information content (AvgIpc) is 2.59. The van der Waals surface area contributed by atoms with E-state index in [0.717, 1.165) is 5.56 Å². The first-order valence-electron chi connectivity index (χ1n) is 9.09. The van der Waals surface area contributed by atoms with Crippen LogP contribution in [-0.4, -0.2) is 43.3 Å². The first kappa shape index (κ1) is 22.5. The molecular weight excluding hydrogens is 348 g/mol. The van der Waals surface area contributed by atoms with E-state index in [-0.39, 0.29) is 11.9 Å². The fourth-order valence-corrected chi connectivity index (χ4v) is 2.34. The minimum atomic E-state index is -0.747. The van der Waals surface area contributed by atoms with Gasteiger partial charge in [-0.1, -0.05) is 30.3 Å². The molecule has 0 spiro atoms. The number of esters is 1. The van der Waals surface area contributed by atoms with Gasteiger partial charge in [0.25, 0.3) is 0 Å². The van der Waals surface area contributed by atoms with Gasteiger partial charge in [0.1, 0.15) is 11.6 Å². The van der Waals surface area contributed by atoms with Crippen molar-refractivity contribution >= 4 is 18.0 Å². The number of ether oxygens (including phenoxy) is 2. The van der Waals surface area contributed by atoms with Crippen LogP contribution in [0.25, 0.3) is 0 Å². The summed E-state index contributed by atoms with van der Waals surface area (Å²) in [5.41, 5.74) is 0.283. The Morgan fingerprint density at radius 3 is 2.33 bits per heavy atom. The lowest BCUT2D eigenvalue weighted by atomic mass is 10.1. The summed E-state index contributed by atoms with van der Waals surface area (Å²) in [5.74, 6) is -0.558. The Kier molecular flexibility index (Phi) is 9.33. The van der Waals surface area contributed by atoms with Crippen LogP contribution in [0.4, 0.5) is 4.79 Å². The molecule has 0 aromatic heterocycles. The van der Waals surface area contributed by atoms with Crippen molar-refractivity contribution in [2.75, 3.05) is 13.7 Å².